The summed E-state index contributed by atoms with van der Waals surface area (Å²) in [5.74, 6) is 1.41. The number of benzene rings is 4. The number of aliphatic hydroxyl groups is 1. The minimum absolute atomic E-state index is 0.0419. The number of ketones is 1. The van der Waals surface area contributed by atoms with Gasteiger partial charge < -0.3 is 34.5 Å². The Balaban J connectivity index is 1.38. The number of aromatic amines is 1. The molecule has 272 valence electrons. The lowest BCUT2D eigenvalue weighted by Gasteiger charge is -2.40. The Morgan fingerprint density at radius 1 is 0.906 bits per heavy atom. The SMILES string of the molecule is COc1ccc(C(OC(C(=O)Cc2cccc(OC)c2)[C@H]2O[C@@H](n3cnc4c(=O)[nH]c(N)nc43)C[C@@H]2O)(c2ccccc2)c2ccc(OC)cc2)cc1. The molecular formula is C40H39N5O8. The molecule has 1 fully saturated rings. The molecule has 0 saturated carbocycles. The summed E-state index contributed by atoms with van der Waals surface area (Å²) < 4.78 is 31.9. The summed E-state index contributed by atoms with van der Waals surface area (Å²) in [6.07, 6.45) is -3.18. The Morgan fingerprint density at radius 3 is 2.15 bits per heavy atom. The van der Waals surface area contributed by atoms with Gasteiger partial charge in [-0.05, 0) is 58.7 Å². The van der Waals surface area contributed by atoms with Crippen LogP contribution < -0.4 is 25.5 Å². The zero-order chi connectivity index (χ0) is 37.1. The van der Waals surface area contributed by atoms with Crippen molar-refractivity contribution in [2.24, 2.45) is 0 Å². The number of aromatic nitrogens is 4. The van der Waals surface area contributed by atoms with Crippen LogP contribution in [0.4, 0.5) is 5.95 Å². The highest BCUT2D eigenvalue weighted by Gasteiger charge is 2.49. The summed E-state index contributed by atoms with van der Waals surface area (Å²) in [5.41, 5.74) is 6.98. The maximum atomic E-state index is 14.8. The van der Waals surface area contributed by atoms with Gasteiger partial charge in [-0.3, -0.25) is 19.1 Å². The molecule has 4 N–H and O–H groups in total. The number of nitrogen functional groups attached to an aromatic ring is 1. The number of H-pyrrole nitrogens is 1. The zero-order valence-electron chi connectivity index (χ0n) is 29.3. The Bertz CT molecular complexity index is 2210. The number of carbonyl (C=O) groups is 1. The van der Waals surface area contributed by atoms with E-state index in [9.17, 15) is 14.7 Å². The molecule has 13 nitrogen and oxygen atoms in total. The molecule has 1 aliphatic rings. The van der Waals surface area contributed by atoms with E-state index in [0.29, 0.717) is 33.9 Å². The van der Waals surface area contributed by atoms with E-state index < -0.39 is 35.7 Å². The zero-order valence-corrected chi connectivity index (χ0v) is 29.3. The lowest BCUT2D eigenvalue weighted by Crippen LogP contribution is -2.49. The Kier molecular flexibility index (Phi) is 9.96. The molecule has 2 aromatic heterocycles. The summed E-state index contributed by atoms with van der Waals surface area (Å²) in [4.78, 5) is 38.3. The molecule has 0 amide bonds. The van der Waals surface area contributed by atoms with Gasteiger partial charge >= 0.3 is 0 Å². The first-order valence-corrected chi connectivity index (χ1v) is 17.0. The third-order valence-corrected chi connectivity index (χ3v) is 9.50. The number of hydrogen-bond acceptors (Lipinski definition) is 11. The van der Waals surface area contributed by atoms with Crippen molar-refractivity contribution in [3.63, 3.8) is 0 Å². The molecule has 6 aromatic rings. The first-order chi connectivity index (χ1) is 25.7. The minimum atomic E-state index is -1.42. The molecule has 0 radical (unpaired) electrons. The number of methoxy groups -OCH3 is 3. The highest BCUT2D eigenvalue weighted by atomic mass is 16.6. The van der Waals surface area contributed by atoms with Crippen molar-refractivity contribution in [3.05, 3.63) is 142 Å². The number of rotatable bonds is 13. The molecule has 1 unspecified atom stereocenters. The molecule has 0 aliphatic carbocycles. The predicted molar refractivity (Wildman–Crippen MR) is 196 cm³/mol. The molecular weight excluding hydrogens is 678 g/mol. The molecule has 53 heavy (non-hydrogen) atoms. The standard InChI is InChI=1S/C40H39N5O8/c1-49-28-16-12-26(13-17-28)40(25-9-5-4-6-10-25,27-14-18-29(50-2)19-15-27)53-36(31(46)21-24-8-7-11-30(20-24)51-3)35-32(47)22-33(52-35)45-23-42-34-37(45)43-39(41)44-38(34)48/h4-20,23,32-33,35-36,47H,21-22H2,1-3H3,(H3,41,43,44,48)/t32-,33+,35-,36?/m0/s1. The lowest BCUT2D eigenvalue weighted by atomic mass is 9.79. The molecule has 13 heteroatoms. The molecule has 0 bridgehead atoms. The van der Waals surface area contributed by atoms with Crippen LogP contribution in [-0.2, 0) is 26.3 Å². The first-order valence-electron chi connectivity index (χ1n) is 17.0. The minimum Gasteiger partial charge on any atom is -0.497 e. The largest absolute Gasteiger partial charge is 0.497 e. The summed E-state index contributed by atoms with van der Waals surface area (Å²) >= 11 is 0. The first kappa shape index (κ1) is 35.4. The van der Waals surface area contributed by atoms with Crippen LogP contribution in [0.5, 0.6) is 17.2 Å². The van der Waals surface area contributed by atoms with E-state index in [1.54, 1.807) is 33.5 Å². The van der Waals surface area contributed by atoms with E-state index in [1.807, 2.05) is 91.0 Å². The maximum absolute atomic E-state index is 14.8. The van der Waals surface area contributed by atoms with Gasteiger partial charge in [0.05, 0.1) is 33.8 Å². The van der Waals surface area contributed by atoms with Gasteiger partial charge in [-0.15, -0.1) is 0 Å². The van der Waals surface area contributed by atoms with Crippen LogP contribution >= 0.6 is 0 Å². The van der Waals surface area contributed by atoms with E-state index in [2.05, 4.69) is 15.0 Å². The second-order valence-corrected chi connectivity index (χ2v) is 12.7. The van der Waals surface area contributed by atoms with Crippen LogP contribution in [0.1, 0.15) is 34.9 Å². The van der Waals surface area contributed by atoms with Crippen LogP contribution in [-0.4, -0.2) is 70.1 Å². The van der Waals surface area contributed by atoms with Crippen LogP contribution in [0.3, 0.4) is 0 Å². The molecule has 4 atom stereocenters. The number of imidazole rings is 1. The topological polar surface area (TPSA) is 173 Å². The van der Waals surface area contributed by atoms with Crippen molar-refractivity contribution >= 4 is 22.9 Å². The number of fused-ring (bicyclic) bond motifs is 1. The average Bonchev–Trinajstić information content (AvgIpc) is 3.79. The van der Waals surface area contributed by atoms with Gasteiger partial charge in [0.1, 0.15) is 41.3 Å². The number of nitrogens with two attached hydrogens (primary N) is 1. The third-order valence-electron chi connectivity index (χ3n) is 9.50. The summed E-state index contributed by atoms with van der Waals surface area (Å²) in [5, 5.41) is 11.8. The number of aliphatic hydroxyl groups excluding tert-OH is 1. The number of nitrogens with one attached hydrogen (secondary N) is 1. The molecule has 1 saturated heterocycles. The molecule has 3 heterocycles. The van der Waals surface area contributed by atoms with Crippen molar-refractivity contribution < 1.29 is 33.6 Å². The van der Waals surface area contributed by atoms with Gasteiger partial charge in [-0.1, -0.05) is 66.7 Å². The van der Waals surface area contributed by atoms with E-state index >= 15 is 0 Å². The number of ether oxygens (including phenoxy) is 5. The van der Waals surface area contributed by atoms with E-state index in [-0.39, 0.29) is 35.7 Å². The summed E-state index contributed by atoms with van der Waals surface area (Å²) in [6, 6.07) is 31.6. The Labute approximate surface area is 304 Å². The second kappa shape index (κ2) is 14.9. The Hall–Kier alpha value is -6.02. The number of carbonyl (C=O) groups excluding carboxylic acids is 1. The van der Waals surface area contributed by atoms with Gasteiger partial charge in [0.2, 0.25) is 5.95 Å². The van der Waals surface area contributed by atoms with Crippen molar-refractivity contribution in [2.75, 3.05) is 27.1 Å². The van der Waals surface area contributed by atoms with Crippen LogP contribution in [0, 0.1) is 0 Å². The normalized spacial score (nSPS) is 17.8. The van der Waals surface area contributed by atoms with Gasteiger partial charge in [0.15, 0.2) is 16.9 Å². The number of hydrogen-bond donors (Lipinski definition) is 3. The monoisotopic (exact) mass is 717 g/mol. The number of nitrogens with zero attached hydrogens (tertiary/aromatic N) is 3. The fourth-order valence-corrected chi connectivity index (χ4v) is 6.89. The van der Waals surface area contributed by atoms with E-state index in [1.165, 1.54) is 10.9 Å². The highest BCUT2D eigenvalue weighted by molar-refractivity contribution is 5.86. The molecule has 0 spiro atoms. The number of anilines is 1. The predicted octanol–water partition coefficient (Wildman–Crippen LogP) is 4.57. The second-order valence-electron chi connectivity index (χ2n) is 12.7. The molecule has 1 aliphatic heterocycles. The fourth-order valence-electron chi connectivity index (χ4n) is 6.89. The van der Waals surface area contributed by atoms with Crippen molar-refractivity contribution in [1.82, 2.24) is 19.5 Å². The van der Waals surface area contributed by atoms with Crippen molar-refractivity contribution in [1.29, 1.82) is 0 Å². The van der Waals surface area contributed by atoms with Gasteiger partial charge in [-0.25, -0.2) is 4.98 Å². The Morgan fingerprint density at radius 2 is 1.53 bits per heavy atom. The fraction of sp³-hybridized carbons (Fsp3) is 0.250. The smallest absolute Gasteiger partial charge is 0.280 e. The molecule has 4 aromatic carbocycles. The third kappa shape index (κ3) is 6.85. The van der Waals surface area contributed by atoms with Gasteiger partial charge in [-0.2, -0.15) is 4.98 Å². The van der Waals surface area contributed by atoms with Crippen molar-refractivity contribution in [2.45, 2.75) is 43.0 Å². The quantitative estimate of drug-likeness (QED) is 0.143. The van der Waals surface area contributed by atoms with Crippen molar-refractivity contribution in [3.8, 4) is 17.2 Å². The average molecular weight is 718 g/mol. The van der Waals surface area contributed by atoms with E-state index in [4.69, 9.17) is 29.4 Å². The summed E-state index contributed by atoms with van der Waals surface area (Å²) in [6.45, 7) is 0. The van der Waals surface area contributed by atoms with Crippen LogP contribution in [0.15, 0.2) is 114 Å². The van der Waals surface area contributed by atoms with Crippen LogP contribution in [0.25, 0.3) is 11.2 Å². The lowest BCUT2D eigenvalue weighted by molar-refractivity contribution is -0.165. The number of Topliss-reactive ketones (excluding diaryl/α,β-unsaturated/α-hetero) is 1. The molecule has 7 rings (SSSR count). The van der Waals surface area contributed by atoms with Crippen LogP contribution in [0.2, 0.25) is 0 Å². The van der Waals surface area contributed by atoms with Gasteiger partial charge in [0.25, 0.3) is 5.56 Å². The van der Waals surface area contributed by atoms with E-state index in [0.717, 1.165) is 5.56 Å². The maximum Gasteiger partial charge on any atom is 0.280 e. The summed E-state index contributed by atoms with van der Waals surface area (Å²) in [7, 11) is 4.74. The van der Waals surface area contributed by atoms with Gasteiger partial charge in [0, 0.05) is 12.8 Å². The highest BCUT2D eigenvalue weighted by Crippen LogP contribution is 2.45.